The molecule has 110 valence electrons. The molecule has 8 heteroatoms. The number of carbonyl (C=O) groups is 1. The van der Waals surface area contributed by atoms with Gasteiger partial charge in [0.05, 0.1) is 13.1 Å². The molecule has 0 unspecified atom stereocenters. The van der Waals surface area contributed by atoms with Gasteiger partial charge in [0, 0.05) is 21.0 Å². The Morgan fingerprint density at radius 2 is 1.67 bits per heavy atom. The summed E-state index contributed by atoms with van der Waals surface area (Å²) in [5, 5.41) is 23.3. The number of likely N-dealkylation sites (N-methyl/N-ethyl adjacent to an activating group) is 1. The zero-order valence-corrected chi connectivity index (χ0v) is 11.3. The number of hydrogen-bond acceptors (Lipinski definition) is 6. The van der Waals surface area contributed by atoms with Gasteiger partial charge >= 0.3 is 5.54 Å². The molecule has 0 N–H and O–H groups in total. The van der Waals surface area contributed by atoms with Gasteiger partial charge in [-0.25, -0.2) is 0 Å². The number of fused-ring (bicyclic) bond motifs is 4. The molecule has 1 aromatic rings. The number of rotatable bonds is 2. The van der Waals surface area contributed by atoms with Crippen molar-refractivity contribution >= 4 is 5.78 Å². The molecular formula is C13H13N3O5. The molecule has 2 bridgehead atoms. The first-order chi connectivity index (χ1) is 9.83. The zero-order valence-electron chi connectivity index (χ0n) is 11.3. The first-order valence-electron chi connectivity index (χ1n) is 6.45. The molecular weight excluding hydrogens is 278 g/mol. The van der Waals surface area contributed by atoms with E-state index in [1.807, 2.05) is 0 Å². The van der Waals surface area contributed by atoms with Crippen LogP contribution in [0.2, 0.25) is 0 Å². The van der Waals surface area contributed by atoms with E-state index in [2.05, 4.69) is 0 Å². The lowest BCUT2D eigenvalue weighted by atomic mass is 9.64. The average molecular weight is 291 g/mol. The highest BCUT2D eigenvalue weighted by atomic mass is 16.6. The summed E-state index contributed by atoms with van der Waals surface area (Å²) in [6.07, 6.45) is -0.389. The van der Waals surface area contributed by atoms with Gasteiger partial charge < -0.3 is 0 Å². The summed E-state index contributed by atoms with van der Waals surface area (Å²) in [6.45, 7) is -0.0529. The molecule has 2 atom stereocenters. The van der Waals surface area contributed by atoms with Gasteiger partial charge in [-0.05, 0) is 7.05 Å². The van der Waals surface area contributed by atoms with Gasteiger partial charge in [0.15, 0.2) is 0 Å². The van der Waals surface area contributed by atoms with E-state index in [-0.39, 0.29) is 30.6 Å². The Morgan fingerprint density at radius 1 is 1.10 bits per heavy atom. The molecule has 1 aliphatic heterocycles. The maximum Gasteiger partial charge on any atom is 0.303 e. The quantitative estimate of drug-likeness (QED) is 0.586. The minimum Gasteiger partial charge on any atom is -0.292 e. The van der Waals surface area contributed by atoms with Gasteiger partial charge in [-0.1, -0.05) is 24.3 Å². The third-order valence-electron chi connectivity index (χ3n) is 4.44. The van der Waals surface area contributed by atoms with Crippen LogP contribution in [0.15, 0.2) is 24.3 Å². The van der Waals surface area contributed by atoms with E-state index in [4.69, 9.17) is 0 Å². The molecule has 8 nitrogen and oxygen atoms in total. The van der Waals surface area contributed by atoms with Crippen LogP contribution in [0, 0.1) is 20.2 Å². The van der Waals surface area contributed by atoms with Crippen molar-refractivity contribution in [3.05, 3.63) is 55.6 Å². The molecule has 1 aromatic carbocycles. The molecule has 1 saturated heterocycles. The van der Waals surface area contributed by atoms with Crippen LogP contribution in [0.1, 0.15) is 22.3 Å². The molecule has 21 heavy (non-hydrogen) atoms. The fourth-order valence-electron chi connectivity index (χ4n) is 3.64. The molecule has 0 amide bonds. The van der Waals surface area contributed by atoms with Crippen molar-refractivity contribution < 1.29 is 14.6 Å². The molecule has 2 aliphatic rings. The van der Waals surface area contributed by atoms with E-state index in [0.717, 1.165) is 0 Å². The number of nitro groups is 2. The minimum absolute atomic E-state index is 0.0554. The monoisotopic (exact) mass is 291 g/mol. The summed E-state index contributed by atoms with van der Waals surface area (Å²) in [4.78, 5) is 36.2. The van der Waals surface area contributed by atoms with Gasteiger partial charge in [-0.2, -0.15) is 0 Å². The van der Waals surface area contributed by atoms with Crippen LogP contribution < -0.4 is 0 Å². The van der Waals surface area contributed by atoms with Gasteiger partial charge in [-0.15, -0.1) is 0 Å². The molecule has 3 rings (SSSR count). The number of benzene rings is 1. The number of carbonyl (C=O) groups excluding carboxylic acids is 1. The topological polar surface area (TPSA) is 107 Å². The predicted molar refractivity (Wildman–Crippen MR) is 71.3 cm³/mol. The lowest BCUT2D eigenvalue weighted by Crippen LogP contribution is -2.68. The average Bonchev–Trinajstić information content (AvgIpc) is 2.44. The normalized spacial score (nSPS) is 31.6. The molecule has 0 radical (unpaired) electrons. The van der Waals surface area contributed by atoms with Crippen LogP contribution in [0.3, 0.4) is 0 Å². The number of Topliss-reactive ketones (excluding diaryl/α,β-unsaturated/α-hetero) is 1. The number of piperidine rings is 1. The van der Waals surface area contributed by atoms with E-state index in [1.165, 1.54) is 17.0 Å². The SMILES string of the molecule is CN1C[C@]2([N+](=O)[O-])C[C@]([N+](=O)[O-])(C1)c1ccccc1C2=O. The third kappa shape index (κ3) is 1.56. The number of hydrogen-bond donors (Lipinski definition) is 0. The van der Waals surface area contributed by atoms with Crippen molar-refractivity contribution in [1.29, 1.82) is 0 Å². The molecule has 0 spiro atoms. The van der Waals surface area contributed by atoms with Crippen molar-refractivity contribution in [2.45, 2.75) is 17.5 Å². The number of nitrogens with zero attached hydrogens (tertiary/aromatic N) is 3. The van der Waals surface area contributed by atoms with Crippen LogP contribution >= 0.6 is 0 Å². The maximum atomic E-state index is 12.6. The second kappa shape index (κ2) is 4.08. The Morgan fingerprint density at radius 3 is 2.29 bits per heavy atom. The summed E-state index contributed by atoms with van der Waals surface area (Å²) >= 11 is 0. The zero-order chi connectivity index (χ0) is 15.4. The van der Waals surface area contributed by atoms with Crippen molar-refractivity contribution in [2.75, 3.05) is 20.1 Å². The molecule has 1 aliphatic carbocycles. The minimum atomic E-state index is -1.94. The Balaban J connectivity index is 2.35. The van der Waals surface area contributed by atoms with E-state index < -0.39 is 26.7 Å². The summed E-state index contributed by atoms with van der Waals surface area (Å²) in [6, 6.07) is 6.16. The van der Waals surface area contributed by atoms with Gasteiger partial charge in [0.25, 0.3) is 5.54 Å². The second-order valence-electron chi connectivity index (χ2n) is 5.80. The highest BCUT2D eigenvalue weighted by Crippen LogP contribution is 2.47. The molecule has 0 aromatic heterocycles. The summed E-state index contributed by atoms with van der Waals surface area (Å²) < 4.78 is 0. The number of ketones is 1. The van der Waals surface area contributed by atoms with Crippen LogP contribution in [-0.2, 0) is 5.54 Å². The Kier molecular flexibility index (Phi) is 2.64. The Hall–Kier alpha value is -2.35. The fraction of sp³-hybridized carbons (Fsp3) is 0.462. The van der Waals surface area contributed by atoms with Crippen molar-refractivity contribution in [1.82, 2.24) is 4.90 Å². The second-order valence-corrected chi connectivity index (χ2v) is 5.80. The summed E-state index contributed by atoms with van der Waals surface area (Å²) in [5.74, 6) is -0.632. The Bertz CT molecular complexity index is 676. The molecule has 0 saturated carbocycles. The fourth-order valence-corrected chi connectivity index (χ4v) is 3.64. The summed E-state index contributed by atoms with van der Waals surface area (Å²) in [5.41, 5.74) is -3.16. The largest absolute Gasteiger partial charge is 0.303 e. The highest BCUT2D eigenvalue weighted by Gasteiger charge is 2.70. The molecule has 1 heterocycles. The lowest BCUT2D eigenvalue weighted by Gasteiger charge is -2.44. The van der Waals surface area contributed by atoms with E-state index >= 15 is 0 Å². The molecule has 1 fully saturated rings. The van der Waals surface area contributed by atoms with Gasteiger partial charge in [0.2, 0.25) is 5.78 Å². The van der Waals surface area contributed by atoms with Crippen molar-refractivity contribution in [3.63, 3.8) is 0 Å². The van der Waals surface area contributed by atoms with Crippen LogP contribution in [-0.4, -0.2) is 46.2 Å². The van der Waals surface area contributed by atoms with Crippen LogP contribution in [0.5, 0.6) is 0 Å². The highest BCUT2D eigenvalue weighted by molar-refractivity contribution is 6.05. The maximum absolute atomic E-state index is 12.6. The van der Waals surface area contributed by atoms with E-state index in [9.17, 15) is 25.0 Å². The van der Waals surface area contributed by atoms with E-state index in [0.29, 0.717) is 0 Å². The smallest absolute Gasteiger partial charge is 0.292 e. The Labute approximate surface area is 119 Å². The van der Waals surface area contributed by atoms with Gasteiger partial charge in [0.1, 0.15) is 6.42 Å². The third-order valence-corrected chi connectivity index (χ3v) is 4.44. The van der Waals surface area contributed by atoms with Crippen LogP contribution in [0.25, 0.3) is 0 Å². The van der Waals surface area contributed by atoms with Gasteiger partial charge in [-0.3, -0.25) is 29.9 Å². The summed E-state index contributed by atoms with van der Waals surface area (Å²) in [7, 11) is 1.57. The lowest BCUT2D eigenvalue weighted by molar-refractivity contribution is -0.623. The predicted octanol–water partition coefficient (Wildman–Crippen LogP) is 0.706. The van der Waals surface area contributed by atoms with Crippen LogP contribution in [0.4, 0.5) is 0 Å². The first-order valence-corrected chi connectivity index (χ1v) is 6.45. The standard InChI is InChI=1S/C13H13N3O5/c1-14-7-12(15(18)19)6-13(8-14,16(20)21)11(17)9-4-2-3-5-10(9)12/h2-5H,6-8H2,1H3/t12-,13+/m0/s1. The number of likely N-dealkylation sites (tertiary alicyclic amines) is 1. The van der Waals surface area contributed by atoms with Crippen molar-refractivity contribution in [3.8, 4) is 0 Å². The van der Waals surface area contributed by atoms with Crippen molar-refractivity contribution in [2.24, 2.45) is 0 Å². The van der Waals surface area contributed by atoms with E-state index in [1.54, 1.807) is 19.2 Å². The first kappa shape index (κ1) is 13.6.